The maximum Gasteiger partial charge on any atom is 0.433 e. The highest BCUT2D eigenvalue weighted by molar-refractivity contribution is 5.14. The van der Waals surface area contributed by atoms with Gasteiger partial charge in [0.1, 0.15) is 5.69 Å². The van der Waals surface area contributed by atoms with Gasteiger partial charge in [0.05, 0.1) is 0 Å². The average molecular weight is 244 g/mol. The van der Waals surface area contributed by atoms with E-state index in [9.17, 15) is 13.2 Å². The van der Waals surface area contributed by atoms with E-state index >= 15 is 0 Å². The molecular weight excluding hydrogens is 229 g/mol. The van der Waals surface area contributed by atoms with Gasteiger partial charge in [-0.3, -0.25) is 0 Å². The maximum absolute atomic E-state index is 12.4. The van der Waals surface area contributed by atoms with Gasteiger partial charge in [0, 0.05) is 24.2 Å². The van der Waals surface area contributed by atoms with Gasteiger partial charge >= 0.3 is 6.18 Å². The number of hydrogen-bond donors (Lipinski definition) is 1. The maximum atomic E-state index is 12.4. The van der Waals surface area contributed by atoms with Gasteiger partial charge in [-0.25, -0.2) is 4.98 Å². The van der Waals surface area contributed by atoms with Crippen LogP contribution in [0, 0.1) is 0 Å². The molecule has 0 aromatic carbocycles. The van der Waals surface area contributed by atoms with E-state index in [-0.39, 0.29) is 5.54 Å². The van der Waals surface area contributed by atoms with Crippen molar-refractivity contribution in [3.05, 3.63) is 29.6 Å². The normalized spacial score (nSPS) is 18.1. The topological polar surface area (TPSA) is 24.9 Å². The molecule has 17 heavy (non-hydrogen) atoms. The van der Waals surface area contributed by atoms with Gasteiger partial charge in [-0.2, -0.15) is 13.2 Å². The third-order valence-electron chi connectivity index (χ3n) is 3.03. The molecule has 0 aliphatic heterocycles. The number of pyridine rings is 1. The van der Waals surface area contributed by atoms with E-state index in [1.165, 1.54) is 6.07 Å². The predicted octanol–water partition coefficient (Wildman–Crippen LogP) is 2.79. The lowest BCUT2D eigenvalue weighted by Crippen LogP contribution is -2.29. The molecule has 1 aromatic heterocycles. The summed E-state index contributed by atoms with van der Waals surface area (Å²) < 4.78 is 37.2. The van der Waals surface area contributed by atoms with E-state index in [4.69, 9.17) is 0 Å². The third-order valence-corrected chi connectivity index (χ3v) is 3.03. The van der Waals surface area contributed by atoms with E-state index in [1.54, 1.807) is 6.07 Å². The Kier molecular flexibility index (Phi) is 3.12. The molecule has 0 radical (unpaired) electrons. The SMILES string of the molecule is CC1(NCCc2cccc(C(F)(F)F)n2)CC1. The van der Waals surface area contributed by atoms with Crippen LogP contribution in [-0.4, -0.2) is 17.1 Å². The van der Waals surface area contributed by atoms with Gasteiger partial charge in [-0.15, -0.1) is 0 Å². The Morgan fingerprint density at radius 3 is 2.65 bits per heavy atom. The minimum atomic E-state index is -4.36. The highest BCUT2D eigenvalue weighted by Gasteiger charge is 2.36. The summed E-state index contributed by atoms with van der Waals surface area (Å²) in [6, 6.07) is 4.04. The monoisotopic (exact) mass is 244 g/mol. The first kappa shape index (κ1) is 12.4. The van der Waals surface area contributed by atoms with Gasteiger partial charge in [0.25, 0.3) is 0 Å². The van der Waals surface area contributed by atoms with Crippen LogP contribution in [-0.2, 0) is 12.6 Å². The third kappa shape index (κ3) is 3.43. The molecule has 0 saturated heterocycles. The molecule has 2 nitrogen and oxygen atoms in total. The Morgan fingerprint density at radius 1 is 1.35 bits per heavy atom. The number of halogens is 3. The quantitative estimate of drug-likeness (QED) is 0.881. The number of alkyl halides is 3. The lowest BCUT2D eigenvalue weighted by Gasteiger charge is -2.11. The van der Waals surface area contributed by atoms with Crippen molar-refractivity contribution in [1.82, 2.24) is 10.3 Å². The Balaban J connectivity index is 1.92. The van der Waals surface area contributed by atoms with Crippen molar-refractivity contribution in [1.29, 1.82) is 0 Å². The largest absolute Gasteiger partial charge is 0.433 e. The Morgan fingerprint density at radius 2 is 2.06 bits per heavy atom. The fraction of sp³-hybridized carbons (Fsp3) is 0.583. The average Bonchev–Trinajstić information content (AvgIpc) is 2.96. The van der Waals surface area contributed by atoms with Crippen LogP contribution in [0.1, 0.15) is 31.2 Å². The predicted molar refractivity (Wildman–Crippen MR) is 58.6 cm³/mol. The second-order valence-corrected chi connectivity index (χ2v) is 4.75. The molecule has 94 valence electrons. The van der Waals surface area contributed by atoms with Crippen LogP contribution in [0.25, 0.3) is 0 Å². The highest BCUT2D eigenvalue weighted by atomic mass is 19.4. The smallest absolute Gasteiger partial charge is 0.311 e. The summed E-state index contributed by atoms with van der Waals surface area (Å²) in [6.45, 7) is 2.79. The van der Waals surface area contributed by atoms with Crippen molar-refractivity contribution >= 4 is 0 Å². The van der Waals surface area contributed by atoms with Crippen molar-refractivity contribution in [2.45, 2.75) is 37.9 Å². The summed E-state index contributed by atoms with van der Waals surface area (Å²) in [7, 11) is 0. The number of aromatic nitrogens is 1. The number of nitrogens with one attached hydrogen (secondary N) is 1. The molecule has 1 N–H and O–H groups in total. The van der Waals surface area contributed by atoms with Crippen LogP contribution < -0.4 is 5.32 Å². The molecule has 1 fully saturated rings. The first-order valence-electron chi connectivity index (χ1n) is 5.67. The Labute approximate surface area is 98.2 Å². The van der Waals surface area contributed by atoms with E-state index in [0.717, 1.165) is 18.9 Å². The molecule has 1 aliphatic carbocycles. The van der Waals surface area contributed by atoms with E-state index in [1.807, 2.05) is 0 Å². The minimum absolute atomic E-state index is 0.210. The standard InChI is InChI=1S/C12H15F3N2/c1-11(6-7-11)16-8-5-9-3-2-4-10(17-9)12(13,14)15/h2-4,16H,5-8H2,1H3. The summed E-state index contributed by atoms with van der Waals surface area (Å²) in [6.07, 6.45) is -1.54. The molecule has 0 atom stereocenters. The summed E-state index contributed by atoms with van der Waals surface area (Å²) in [5.74, 6) is 0. The van der Waals surface area contributed by atoms with Crippen molar-refractivity contribution in [2.75, 3.05) is 6.54 Å². The van der Waals surface area contributed by atoms with Crippen LogP contribution in [0.4, 0.5) is 13.2 Å². The minimum Gasteiger partial charge on any atom is -0.311 e. The fourth-order valence-corrected chi connectivity index (χ4v) is 1.63. The first-order valence-corrected chi connectivity index (χ1v) is 5.67. The van der Waals surface area contributed by atoms with Crippen LogP contribution in [0.2, 0.25) is 0 Å². The molecule has 0 amide bonds. The van der Waals surface area contributed by atoms with E-state index in [2.05, 4.69) is 17.2 Å². The number of rotatable bonds is 4. The van der Waals surface area contributed by atoms with E-state index in [0.29, 0.717) is 18.7 Å². The second-order valence-electron chi connectivity index (χ2n) is 4.75. The number of nitrogens with zero attached hydrogens (tertiary/aromatic N) is 1. The highest BCUT2D eigenvalue weighted by Crippen LogP contribution is 2.34. The van der Waals surface area contributed by atoms with E-state index < -0.39 is 11.9 Å². The van der Waals surface area contributed by atoms with Crippen molar-refractivity contribution < 1.29 is 13.2 Å². The second kappa shape index (κ2) is 4.29. The molecule has 1 aromatic rings. The molecule has 1 heterocycles. The summed E-state index contributed by atoms with van der Waals surface area (Å²) in [4.78, 5) is 3.62. The molecule has 1 aliphatic rings. The zero-order chi connectivity index (χ0) is 12.5. The number of hydrogen-bond acceptors (Lipinski definition) is 2. The van der Waals surface area contributed by atoms with Crippen molar-refractivity contribution in [3.8, 4) is 0 Å². The molecule has 0 spiro atoms. The molecule has 2 rings (SSSR count). The van der Waals surface area contributed by atoms with Crippen LogP contribution in [0.15, 0.2) is 18.2 Å². The van der Waals surface area contributed by atoms with Crippen LogP contribution in [0.3, 0.4) is 0 Å². The van der Waals surface area contributed by atoms with Gasteiger partial charge in [-0.1, -0.05) is 6.07 Å². The molecule has 0 bridgehead atoms. The molecule has 1 saturated carbocycles. The Hall–Kier alpha value is -1.10. The summed E-state index contributed by atoms with van der Waals surface area (Å²) in [5.41, 5.74) is -0.119. The molecule has 0 unspecified atom stereocenters. The van der Waals surface area contributed by atoms with Gasteiger partial charge in [0.2, 0.25) is 0 Å². The lowest BCUT2D eigenvalue weighted by molar-refractivity contribution is -0.141. The zero-order valence-electron chi connectivity index (χ0n) is 9.64. The first-order chi connectivity index (χ1) is 7.89. The van der Waals surface area contributed by atoms with Crippen LogP contribution >= 0.6 is 0 Å². The van der Waals surface area contributed by atoms with Crippen molar-refractivity contribution in [2.24, 2.45) is 0 Å². The fourth-order valence-electron chi connectivity index (χ4n) is 1.63. The molecule has 5 heteroatoms. The van der Waals surface area contributed by atoms with Crippen molar-refractivity contribution in [3.63, 3.8) is 0 Å². The van der Waals surface area contributed by atoms with Gasteiger partial charge < -0.3 is 5.32 Å². The zero-order valence-corrected chi connectivity index (χ0v) is 9.64. The van der Waals surface area contributed by atoms with Gasteiger partial charge in [0.15, 0.2) is 0 Å². The van der Waals surface area contributed by atoms with Gasteiger partial charge in [-0.05, 0) is 31.9 Å². The summed E-state index contributed by atoms with van der Waals surface area (Å²) >= 11 is 0. The lowest BCUT2D eigenvalue weighted by atomic mass is 10.2. The Bertz CT molecular complexity index is 397. The van der Waals surface area contributed by atoms with Crippen LogP contribution in [0.5, 0.6) is 0 Å². The molecular formula is C12H15F3N2. The summed E-state index contributed by atoms with van der Waals surface area (Å²) in [5, 5.41) is 3.32.